The van der Waals surface area contributed by atoms with Gasteiger partial charge in [0.25, 0.3) is 0 Å². The van der Waals surface area contributed by atoms with Gasteiger partial charge < -0.3 is 20.7 Å². The lowest BCUT2D eigenvalue weighted by Gasteiger charge is -2.29. The van der Waals surface area contributed by atoms with E-state index in [2.05, 4.69) is 31.1 Å². The molecule has 4 rings (SSSR count). The number of nitrogens with zero attached hydrogens (tertiary/aromatic N) is 3. The summed E-state index contributed by atoms with van der Waals surface area (Å²) >= 11 is 0. The Hall–Kier alpha value is -3.61. The first kappa shape index (κ1) is 23.5. The van der Waals surface area contributed by atoms with Crippen molar-refractivity contribution in [3.05, 3.63) is 58.7 Å². The minimum Gasteiger partial charge on any atom is -0.497 e. The summed E-state index contributed by atoms with van der Waals surface area (Å²) in [5.74, 6) is 2.07. The Labute approximate surface area is 201 Å². The number of benzene rings is 2. The maximum atomic E-state index is 13.4. The van der Waals surface area contributed by atoms with E-state index >= 15 is 0 Å². The molecule has 0 bridgehead atoms. The summed E-state index contributed by atoms with van der Waals surface area (Å²) in [7, 11) is 1.66. The SMILES string of the molecule is CCCN(C(=O)C1=Cc2ccc(C3=NCc4cc(OC)ccc4N3)cc2N=C(N)C1)C(C)CC. The van der Waals surface area contributed by atoms with Crippen molar-refractivity contribution in [3.8, 4) is 5.75 Å². The predicted molar refractivity (Wildman–Crippen MR) is 139 cm³/mol. The van der Waals surface area contributed by atoms with Crippen molar-refractivity contribution in [2.45, 2.75) is 52.6 Å². The number of carbonyl (C=O) groups is 1. The summed E-state index contributed by atoms with van der Waals surface area (Å²) in [5.41, 5.74) is 11.6. The number of carbonyl (C=O) groups excluding carboxylic acids is 1. The van der Waals surface area contributed by atoms with Gasteiger partial charge in [0, 0.05) is 47.0 Å². The molecule has 0 aliphatic carbocycles. The number of rotatable bonds is 7. The minimum absolute atomic E-state index is 0.0385. The van der Waals surface area contributed by atoms with Crippen LogP contribution in [0.15, 0.2) is 52.0 Å². The van der Waals surface area contributed by atoms with E-state index in [4.69, 9.17) is 15.5 Å². The minimum atomic E-state index is 0.0385. The van der Waals surface area contributed by atoms with Crippen LogP contribution < -0.4 is 15.8 Å². The number of fused-ring (bicyclic) bond motifs is 2. The van der Waals surface area contributed by atoms with Crippen LogP contribution in [0.1, 0.15) is 56.7 Å². The Morgan fingerprint density at radius 2 is 2.06 bits per heavy atom. The van der Waals surface area contributed by atoms with Crippen LogP contribution in [-0.2, 0) is 11.3 Å². The molecule has 0 fully saturated rings. The van der Waals surface area contributed by atoms with E-state index in [0.29, 0.717) is 24.4 Å². The molecule has 0 saturated carbocycles. The molecule has 1 unspecified atom stereocenters. The second-order valence-corrected chi connectivity index (χ2v) is 8.79. The summed E-state index contributed by atoms with van der Waals surface area (Å²) in [6, 6.07) is 12.1. The number of amides is 1. The third kappa shape index (κ3) is 4.83. The molecule has 2 aliphatic heterocycles. The van der Waals surface area contributed by atoms with Crippen molar-refractivity contribution >= 4 is 35.0 Å². The molecule has 2 aromatic rings. The van der Waals surface area contributed by atoms with Crippen LogP contribution >= 0.6 is 0 Å². The van der Waals surface area contributed by atoms with Gasteiger partial charge in [-0.15, -0.1) is 0 Å². The lowest BCUT2D eigenvalue weighted by molar-refractivity contribution is -0.129. The third-order valence-electron chi connectivity index (χ3n) is 6.37. The van der Waals surface area contributed by atoms with E-state index in [1.54, 1.807) is 7.11 Å². The van der Waals surface area contributed by atoms with Gasteiger partial charge in [-0.25, -0.2) is 4.99 Å². The molecule has 178 valence electrons. The van der Waals surface area contributed by atoms with Gasteiger partial charge in [-0.05, 0) is 50.1 Å². The van der Waals surface area contributed by atoms with Gasteiger partial charge in [0.15, 0.2) is 0 Å². The number of hydrogen-bond donors (Lipinski definition) is 2. The van der Waals surface area contributed by atoms with Gasteiger partial charge in [0.2, 0.25) is 5.91 Å². The second kappa shape index (κ2) is 10.1. The summed E-state index contributed by atoms with van der Waals surface area (Å²) in [6.45, 7) is 7.58. The van der Waals surface area contributed by atoms with Crippen LogP contribution in [0.25, 0.3) is 6.08 Å². The molecule has 0 spiro atoms. The van der Waals surface area contributed by atoms with Crippen LogP contribution in [-0.4, -0.2) is 42.2 Å². The van der Waals surface area contributed by atoms with Crippen LogP contribution in [0.4, 0.5) is 11.4 Å². The fourth-order valence-electron chi connectivity index (χ4n) is 4.29. The lowest BCUT2D eigenvalue weighted by atomic mass is 10.0. The first-order valence-electron chi connectivity index (χ1n) is 11.9. The summed E-state index contributed by atoms with van der Waals surface area (Å²) in [4.78, 5) is 24.7. The van der Waals surface area contributed by atoms with Crippen molar-refractivity contribution in [2.24, 2.45) is 15.7 Å². The standard InChI is InChI=1S/C27H33N5O2/c1-5-11-32(17(3)6-2)27(33)20-12-18-7-8-19(14-24(18)30-25(28)15-20)26-29-16-21-13-22(34-4)9-10-23(21)31-26/h7-10,12-14,17H,5-6,11,15-16H2,1-4H3,(H2,28,30)(H,29,31). The third-order valence-corrected chi connectivity index (χ3v) is 6.37. The van der Waals surface area contributed by atoms with Crippen molar-refractivity contribution in [3.63, 3.8) is 0 Å². The highest BCUT2D eigenvalue weighted by Crippen LogP contribution is 2.31. The topological polar surface area (TPSA) is 92.3 Å². The smallest absolute Gasteiger partial charge is 0.250 e. The van der Waals surface area contributed by atoms with Crippen LogP contribution in [0.5, 0.6) is 5.75 Å². The van der Waals surface area contributed by atoms with E-state index in [0.717, 1.165) is 59.0 Å². The van der Waals surface area contributed by atoms with Crippen molar-refractivity contribution in [1.29, 1.82) is 0 Å². The van der Waals surface area contributed by atoms with E-state index in [9.17, 15) is 4.79 Å². The Kier molecular flexibility index (Phi) is 7.01. The van der Waals surface area contributed by atoms with Gasteiger partial charge in [-0.3, -0.25) is 9.79 Å². The van der Waals surface area contributed by atoms with E-state index in [1.165, 1.54) is 0 Å². The van der Waals surface area contributed by atoms with Crippen molar-refractivity contribution in [1.82, 2.24) is 4.90 Å². The second-order valence-electron chi connectivity index (χ2n) is 8.79. The molecular weight excluding hydrogens is 426 g/mol. The Bertz CT molecular complexity index is 1180. The number of nitrogens with one attached hydrogen (secondary N) is 1. The highest BCUT2D eigenvalue weighted by molar-refractivity contribution is 6.11. The van der Waals surface area contributed by atoms with Gasteiger partial charge in [-0.2, -0.15) is 0 Å². The van der Waals surface area contributed by atoms with Crippen LogP contribution in [0, 0.1) is 0 Å². The summed E-state index contributed by atoms with van der Waals surface area (Å²) < 4.78 is 5.31. The Morgan fingerprint density at radius 1 is 1.24 bits per heavy atom. The number of methoxy groups -OCH3 is 1. The summed E-state index contributed by atoms with van der Waals surface area (Å²) in [5, 5.41) is 3.41. The molecule has 0 saturated heterocycles. The lowest BCUT2D eigenvalue weighted by Crippen LogP contribution is -2.40. The molecule has 2 aliphatic rings. The quantitative estimate of drug-likeness (QED) is 0.617. The number of hydrogen-bond acceptors (Lipinski definition) is 6. The maximum Gasteiger partial charge on any atom is 0.250 e. The highest BCUT2D eigenvalue weighted by Gasteiger charge is 2.24. The zero-order valence-electron chi connectivity index (χ0n) is 20.4. The number of aliphatic imine (C=N–C) groups is 2. The molecule has 3 N–H and O–H groups in total. The molecule has 1 atom stereocenters. The molecule has 7 heteroatoms. The number of nitrogens with two attached hydrogens (primary N) is 1. The zero-order valence-corrected chi connectivity index (χ0v) is 20.4. The Morgan fingerprint density at radius 3 is 2.79 bits per heavy atom. The van der Waals surface area contributed by atoms with Gasteiger partial charge in [0.05, 0.1) is 19.3 Å². The van der Waals surface area contributed by atoms with Crippen molar-refractivity contribution in [2.75, 3.05) is 19.0 Å². The number of ether oxygens (including phenoxy) is 1. The fraction of sp³-hybridized carbons (Fsp3) is 0.370. The van der Waals surface area contributed by atoms with Gasteiger partial charge in [0.1, 0.15) is 17.4 Å². The van der Waals surface area contributed by atoms with Crippen LogP contribution in [0.2, 0.25) is 0 Å². The maximum absolute atomic E-state index is 13.4. The molecule has 7 nitrogen and oxygen atoms in total. The molecular formula is C27H33N5O2. The molecule has 0 aromatic heterocycles. The molecule has 0 radical (unpaired) electrons. The summed E-state index contributed by atoms with van der Waals surface area (Å²) in [6.07, 6.45) is 4.10. The molecule has 1 amide bonds. The average molecular weight is 460 g/mol. The van der Waals surface area contributed by atoms with Crippen molar-refractivity contribution < 1.29 is 9.53 Å². The van der Waals surface area contributed by atoms with E-state index in [1.807, 2.05) is 47.4 Å². The largest absolute Gasteiger partial charge is 0.497 e. The number of amidine groups is 2. The predicted octanol–water partition coefficient (Wildman–Crippen LogP) is 4.88. The van der Waals surface area contributed by atoms with E-state index < -0.39 is 0 Å². The monoisotopic (exact) mass is 459 g/mol. The first-order valence-corrected chi connectivity index (χ1v) is 11.9. The zero-order chi connectivity index (χ0) is 24.2. The fourth-order valence-corrected chi connectivity index (χ4v) is 4.29. The molecule has 2 aromatic carbocycles. The van der Waals surface area contributed by atoms with Crippen LogP contribution in [0.3, 0.4) is 0 Å². The van der Waals surface area contributed by atoms with Gasteiger partial charge >= 0.3 is 0 Å². The molecule has 2 heterocycles. The first-order chi connectivity index (χ1) is 16.4. The highest BCUT2D eigenvalue weighted by atomic mass is 16.5. The Balaban J connectivity index is 1.63. The average Bonchev–Trinajstić information content (AvgIpc) is 3.03. The van der Waals surface area contributed by atoms with Gasteiger partial charge in [-0.1, -0.05) is 26.0 Å². The van der Waals surface area contributed by atoms with E-state index in [-0.39, 0.29) is 11.9 Å². The normalized spacial score (nSPS) is 15.5. The molecule has 34 heavy (non-hydrogen) atoms. The number of anilines is 1.